The van der Waals surface area contributed by atoms with E-state index in [-0.39, 0.29) is 6.10 Å². The molecule has 2 heteroatoms. The second-order valence-corrected chi connectivity index (χ2v) is 4.45. The van der Waals surface area contributed by atoms with Crippen LogP contribution in [0.1, 0.15) is 17.9 Å². The summed E-state index contributed by atoms with van der Waals surface area (Å²) in [5.41, 5.74) is 1.30. The van der Waals surface area contributed by atoms with Crippen LogP contribution < -0.4 is 0 Å². The van der Waals surface area contributed by atoms with Crippen LogP contribution in [0.3, 0.4) is 0 Å². The third-order valence-corrected chi connectivity index (χ3v) is 3.35. The highest BCUT2D eigenvalue weighted by molar-refractivity contribution is 7.98. The molecule has 74 valence electrons. The molecule has 1 aliphatic rings. The average Bonchev–Trinajstić information content (AvgIpc) is 2.65. The van der Waals surface area contributed by atoms with E-state index >= 15 is 0 Å². The van der Waals surface area contributed by atoms with E-state index in [1.807, 2.05) is 6.08 Å². The van der Waals surface area contributed by atoms with Crippen LogP contribution in [-0.4, -0.2) is 17.5 Å². The highest BCUT2D eigenvalue weighted by Crippen LogP contribution is 2.29. The molecular weight excluding hydrogens is 192 g/mol. The van der Waals surface area contributed by atoms with Crippen molar-refractivity contribution >= 4 is 11.8 Å². The molecule has 0 radical (unpaired) electrons. The van der Waals surface area contributed by atoms with Gasteiger partial charge in [-0.05, 0) is 30.4 Å². The molecule has 1 aliphatic carbocycles. The molecule has 0 amide bonds. The predicted molar refractivity (Wildman–Crippen MR) is 60.7 cm³/mol. The van der Waals surface area contributed by atoms with E-state index < -0.39 is 0 Å². The first-order valence-corrected chi connectivity index (χ1v) is 6.02. The summed E-state index contributed by atoms with van der Waals surface area (Å²) in [5.74, 6) is 0.404. The lowest BCUT2D eigenvalue weighted by atomic mass is 9.98. The Kier molecular flexibility index (Phi) is 2.94. The maximum Gasteiger partial charge on any atom is 0.0729 e. The molecule has 0 heterocycles. The van der Waals surface area contributed by atoms with Crippen molar-refractivity contribution in [2.45, 2.75) is 23.3 Å². The van der Waals surface area contributed by atoms with Gasteiger partial charge in [-0.2, -0.15) is 0 Å². The number of aliphatic hydroxyl groups excluding tert-OH is 1. The fraction of sp³-hybridized carbons (Fsp3) is 0.333. The summed E-state index contributed by atoms with van der Waals surface area (Å²) in [7, 11) is 0. The van der Waals surface area contributed by atoms with Crippen LogP contribution in [0.25, 0.3) is 0 Å². The van der Waals surface area contributed by atoms with E-state index in [1.54, 1.807) is 11.8 Å². The number of thioether (sulfide) groups is 1. The summed E-state index contributed by atoms with van der Waals surface area (Å²) < 4.78 is 0. The van der Waals surface area contributed by atoms with E-state index in [2.05, 4.69) is 36.6 Å². The van der Waals surface area contributed by atoms with Gasteiger partial charge in [-0.15, -0.1) is 11.8 Å². The Hall–Kier alpha value is -0.730. The van der Waals surface area contributed by atoms with E-state index in [0.717, 1.165) is 6.42 Å². The molecule has 0 bridgehead atoms. The first kappa shape index (κ1) is 9.81. The van der Waals surface area contributed by atoms with Gasteiger partial charge < -0.3 is 5.11 Å². The molecule has 0 saturated heterocycles. The molecule has 1 aromatic rings. The van der Waals surface area contributed by atoms with Gasteiger partial charge in [0.15, 0.2) is 0 Å². The molecule has 2 rings (SSSR count). The van der Waals surface area contributed by atoms with Gasteiger partial charge in [-0.3, -0.25) is 0 Å². The van der Waals surface area contributed by atoms with Gasteiger partial charge in [0.2, 0.25) is 0 Å². The highest BCUT2D eigenvalue weighted by atomic mass is 32.2. The van der Waals surface area contributed by atoms with E-state index in [1.165, 1.54) is 10.5 Å². The van der Waals surface area contributed by atoms with Crippen molar-refractivity contribution in [3.63, 3.8) is 0 Å². The Morgan fingerprint density at radius 1 is 1.21 bits per heavy atom. The molecule has 2 atom stereocenters. The Bertz CT molecular complexity index is 329. The monoisotopic (exact) mass is 206 g/mol. The Balaban J connectivity index is 2.14. The highest BCUT2D eigenvalue weighted by Gasteiger charge is 2.17. The largest absolute Gasteiger partial charge is 0.389 e. The van der Waals surface area contributed by atoms with Gasteiger partial charge in [-0.1, -0.05) is 24.3 Å². The minimum absolute atomic E-state index is 0.250. The first-order chi connectivity index (χ1) is 6.79. The van der Waals surface area contributed by atoms with Gasteiger partial charge >= 0.3 is 0 Å². The number of rotatable bonds is 2. The zero-order valence-corrected chi connectivity index (χ0v) is 9.00. The lowest BCUT2D eigenvalue weighted by Gasteiger charge is -2.09. The zero-order valence-electron chi connectivity index (χ0n) is 8.18. The van der Waals surface area contributed by atoms with Gasteiger partial charge in [-0.25, -0.2) is 0 Å². The van der Waals surface area contributed by atoms with Crippen molar-refractivity contribution < 1.29 is 5.11 Å². The second-order valence-electron chi connectivity index (χ2n) is 3.57. The van der Waals surface area contributed by atoms with Crippen molar-refractivity contribution in [2.75, 3.05) is 6.26 Å². The first-order valence-electron chi connectivity index (χ1n) is 4.80. The smallest absolute Gasteiger partial charge is 0.0729 e. The van der Waals surface area contributed by atoms with Crippen LogP contribution in [0.5, 0.6) is 0 Å². The Morgan fingerprint density at radius 2 is 1.93 bits per heavy atom. The summed E-state index contributed by atoms with van der Waals surface area (Å²) in [6.45, 7) is 0. The molecule has 0 saturated carbocycles. The molecule has 0 aliphatic heterocycles. The zero-order chi connectivity index (χ0) is 9.97. The SMILES string of the molecule is CSc1ccc([C@H]2C=C[C@H](O)C2)cc1. The van der Waals surface area contributed by atoms with Crippen LogP contribution >= 0.6 is 11.8 Å². The maximum atomic E-state index is 9.37. The fourth-order valence-electron chi connectivity index (χ4n) is 1.78. The molecule has 0 spiro atoms. The van der Waals surface area contributed by atoms with Gasteiger partial charge in [0.25, 0.3) is 0 Å². The van der Waals surface area contributed by atoms with Crippen LogP contribution in [0.2, 0.25) is 0 Å². The van der Waals surface area contributed by atoms with Crippen LogP contribution in [0, 0.1) is 0 Å². The van der Waals surface area contributed by atoms with Gasteiger partial charge in [0.05, 0.1) is 6.10 Å². The van der Waals surface area contributed by atoms with Crippen molar-refractivity contribution in [3.05, 3.63) is 42.0 Å². The number of hydrogen-bond acceptors (Lipinski definition) is 2. The maximum absolute atomic E-state index is 9.37. The van der Waals surface area contributed by atoms with Crippen molar-refractivity contribution in [1.82, 2.24) is 0 Å². The van der Waals surface area contributed by atoms with E-state index in [4.69, 9.17) is 0 Å². The summed E-state index contributed by atoms with van der Waals surface area (Å²) >= 11 is 1.75. The molecule has 1 N–H and O–H groups in total. The molecule has 14 heavy (non-hydrogen) atoms. The third-order valence-electron chi connectivity index (χ3n) is 2.60. The summed E-state index contributed by atoms with van der Waals surface area (Å²) in [5, 5.41) is 9.37. The van der Waals surface area contributed by atoms with E-state index in [9.17, 15) is 5.11 Å². The lowest BCUT2D eigenvalue weighted by Crippen LogP contribution is -2.00. The Morgan fingerprint density at radius 3 is 2.43 bits per heavy atom. The quantitative estimate of drug-likeness (QED) is 0.593. The molecule has 0 unspecified atom stereocenters. The van der Waals surface area contributed by atoms with Crippen molar-refractivity contribution in [1.29, 1.82) is 0 Å². The minimum Gasteiger partial charge on any atom is -0.389 e. The van der Waals surface area contributed by atoms with Crippen LogP contribution in [0.15, 0.2) is 41.3 Å². The number of aliphatic hydroxyl groups is 1. The van der Waals surface area contributed by atoms with Gasteiger partial charge in [0.1, 0.15) is 0 Å². The average molecular weight is 206 g/mol. The number of benzene rings is 1. The minimum atomic E-state index is -0.250. The Labute approximate surface area is 88.8 Å². The van der Waals surface area contributed by atoms with E-state index in [0.29, 0.717) is 5.92 Å². The van der Waals surface area contributed by atoms with Crippen LogP contribution in [0.4, 0.5) is 0 Å². The second kappa shape index (κ2) is 4.20. The molecule has 0 fully saturated rings. The van der Waals surface area contributed by atoms with Crippen molar-refractivity contribution in [3.8, 4) is 0 Å². The van der Waals surface area contributed by atoms with Crippen molar-refractivity contribution in [2.24, 2.45) is 0 Å². The number of allylic oxidation sites excluding steroid dienone is 1. The topological polar surface area (TPSA) is 20.2 Å². The molecule has 0 aromatic heterocycles. The summed E-state index contributed by atoms with van der Waals surface area (Å²) in [4.78, 5) is 1.29. The summed E-state index contributed by atoms with van der Waals surface area (Å²) in [6.07, 6.45) is 6.64. The predicted octanol–water partition coefficient (Wildman–Crippen LogP) is 2.81. The molecule has 1 aromatic carbocycles. The standard InChI is InChI=1S/C12H14OS/c1-14-12-6-3-9(4-7-12)10-2-5-11(13)8-10/h2-7,10-11,13H,8H2,1H3/t10-,11-/m0/s1. The fourth-order valence-corrected chi connectivity index (χ4v) is 2.19. The summed E-state index contributed by atoms with van der Waals surface area (Å²) in [6, 6.07) is 8.58. The molecular formula is C12H14OS. The van der Waals surface area contributed by atoms with Crippen LogP contribution in [-0.2, 0) is 0 Å². The third kappa shape index (κ3) is 2.02. The van der Waals surface area contributed by atoms with Gasteiger partial charge in [0, 0.05) is 10.8 Å². The normalized spacial score (nSPS) is 25.6. The lowest BCUT2D eigenvalue weighted by molar-refractivity contribution is 0.218. The number of hydrogen-bond donors (Lipinski definition) is 1. The molecule has 1 nitrogen and oxygen atoms in total.